The third-order valence-electron chi connectivity index (χ3n) is 2.70. The Morgan fingerprint density at radius 1 is 1.42 bits per heavy atom. The van der Waals surface area contributed by atoms with Crippen LogP contribution in [0.25, 0.3) is 0 Å². The summed E-state index contributed by atoms with van der Waals surface area (Å²) in [6.45, 7) is 0.880. The van der Waals surface area contributed by atoms with Crippen molar-refractivity contribution >= 4 is 21.7 Å². The van der Waals surface area contributed by atoms with Crippen molar-refractivity contribution in [2.45, 2.75) is 19.3 Å². The summed E-state index contributed by atoms with van der Waals surface area (Å²) < 4.78 is 52.8. The van der Waals surface area contributed by atoms with E-state index in [2.05, 4.69) is 4.74 Å². The lowest BCUT2D eigenvalue weighted by Crippen LogP contribution is -2.48. The number of carbonyl (C=O) groups is 2. The molecule has 1 atom stereocenters. The number of sulfone groups is 1. The molecule has 9 heteroatoms. The first-order valence-corrected chi connectivity index (χ1v) is 7.55. The Kier molecular flexibility index (Phi) is 4.83. The van der Waals surface area contributed by atoms with Gasteiger partial charge in [-0.25, -0.2) is 13.2 Å². The van der Waals surface area contributed by atoms with Gasteiger partial charge in [-0.1, -0.05) is 0 Å². The van der Waals surface area contributed by atoms with Crippen LogP contribution in [0.3, 0.4) is 0 Å². The Morgan fingerprint density at radius 3 is 2.53 bits per heavy atom. The number of hydrogen-bond acceptors (Lipinski definition) is 5. The van der Waals surface area contributed by atoms with E-state index >= 15 is 0 Å². The smallest absolute Gasteiger partial charge is 0.418 e. The Balaban J connectivity index is 2.49. The summed E-state index contributed by atoms with van der Waals surface area (Å²) in [4.78, 5) is 22.1. The van der Waals surface area contributed by atoms with Gasteiger partial charge >= 0.3 is 17.8 Å². The van der Waals surface area contributed by atoms with Crippen LogP contribution in [0.1, 0.15) is 13.3 Å². The highest BCUT2D eigenvalue weighted by molar-refractivity contribution is 7.91. The van der Waals surface area contributed by atoms with Gasteiger partial charge in [0.05, 0.1) is 18.1 Å². The van der Waals surface area contributed by atoms with E-state index in [1.54, 1.807) is 0 Å². The SMILES string of the molecule is CCOC(=O)C(F)(F)C(=O)NCC1CCS(=O)(=O)C1. The van der Waals surface area contributed by atoms with E-state index in [9.17, 15) is 26.8 Å². The molecular weight excluding hydrogens is 284 g/mol. The number of hydrogen-bond donors (Lipinski definition) is 1. The van der Waals surface area contributed by atoms with Gasteiger partial charge in [-0.05, 0) is 19.3 Å². The summed E-state index contributed by atoms with van der Waals surface area (Å²) in [5, 5.41) is 1.89. The minimum atomic E-state index is -4.26. The molecule has 0 saturated carbocycles. The predicted octanol–water partition coefficient (Wildman–Crippen LogP) is -0.264. The molecule has 6 nitrogen and oxygen atoms in total. The molecule has 0 aliphatic carbocycles. The second-order valence-electron chi connectivity index (χ2n) is 4.27. The number of alkyl halides is 2. The van der Waals surface area contributed by atoms with E-state index in [-0.39, 0.29) is 24.7 Å². The first-order chi connectivity index (χ1) is 8.69. The molecule has 0 bridgehead atoms. The predicted molar refractivity (Wildman–Crippen MR) is 61.4 cm³/mol. The zero-order valence-corrected chi connectivity index (χ0v) is 11.1. The fourth-order valence-electron chi connectivity index (χ4n) is 1.70. The zero-order chi connectivity index (χ0) is 14.7. The van der Waals surface area contributed by atoms with Gasteiger partial charge < -0.3 is 10.1 Å². The minimum absolute atomic E-state index is 0.0121. The van der Waals surface area contributed by atoms with Crippen molar-refractivity contribution in [2.75, 3.05) is 24.7 Å². The molecule has 1 heterocycles. The zero-order valence-electron chi connectivity index (χ0n) is 10.3. The van der Waals surface area contributed by atoms with Crippen LogP contribution in [0.2, 0.25) is 0 Å². The summed E-state index contributed by atoms with van der Waals surface area (Å²) in [6, 6.07) is 0. The van der Waals surface area contributed by atoms with Crippen LogP contribution in [0.5, 0.6) is 0 Å². The Labute approximate surface area is 109 Å². The van der Waals surface area contributed by atoms with Crippen LogP contribution in [0.4, 0.5) is 8.78 Å². The van der Waals surface area contributed by atoms with Crippen molar-refractivity contribution in [1.29, 1.82) is 0 Å². The molecule has 1 fully saturated rings. The fourth-order valence-corrected chi connectivity index (χ4v) is 3.56. The van der Waals surface area contributed by atoms with Crippen molar-refractivity contribution in [3.05, 3.63) is 0 Å². The van der Waals surface area contributed by atoms with E-state index in [1.165, 1.54) is 6.92 Å². The topological polar surface area (TPSA) is 89.5 Å². The van der Waals surface area contributed by atoms with Crippen molar-refractivity contribution in [1.82, 2.24) is 5.32 Å². The average molecular weight is 299 g/mol. The molecule has 1 unspecified atom stereocenters. The highest BCUT2D eigenvalue weighted by Crippen LogP contribution is 2.19. The number of esters is 1. The van der Waals surface area contributed by atoms with Gasteiger partial charge in [0, 0.05) is 6.54 Å². The average Bonchev–Trinajstić information content (AvgIpc) is 2.66. The fraction of sp³-hybridized carbons (Fsp3) is 0.800. The molecule has 0 spiro atoms. The molecule has 0 aromatic heterocycles. The molecule has 1 aliphatic rings. The quantitative estimate of drug-likeness (QED) is 0.558. The second kappa shape index (κ2) is 5.81. The summed E-state index contributed by atoms with van der Waals surface area (Å²) in [5.41, 5.74) is 0. The molecule has 0 aromatic carbocycles. The van der Waals surface area contributed by atoms with Crippen LogP contribution >= 0.6 is 0 Å². The normalized spacial score (nSPS) is 21.9. The molecule has 1 amide bonds. The van der Waals surface area contributed by atoms with Crippen molar-refractivity contribution in [2.24, 2.45) is 5.92 Å². The highest BCUT2D eigenvalue weighted by atomic mass is 32.2. The van der Waals surface area contributed by atoms with Crippen LogP contribution in [-0.2, 0) is 24.2 Å². The standard InChI is InChI=1S/C10H15F2NO5S/c1-2-18-9(15)10(11,12)8(14)13-5-7-3-4-19(16,17)6-7/h7H,2-6H2,1H3,(H,13,14). The number of rotatable bonds is 5. The first-order valence-electron chi connectivity index (χ1n) is 5.73. The molecule has 1 aliphatic heterocycles. The van der Waals surface area contributed by atoms with Crippen LogP contribution < -0.4 is 5.32 Å². The van der Waals surface area contributed by atoms with Gasteiger partial charge in [0.2, 0.25) is 0 Å². The van der Waals surface area contributed by atoms with Gasteiger partial charge in [0.25, 0.3) is 0 Å². The van der Waals surface area contributed by atoms with E-state index in [4.69, 9.17) is 0 Å². The lowest BCUT2D eigenvalue weighted by Gasteiger charge is -2.15. The monoisotopic (exact) mass is 299 g/mol. The number of carbonyl (C=O) groups excluding carboxylic acids is 2. The minimum Gasteiger partial charge on any atom is -0.461 e. The summed E-state index contributed by atoms with van der Waals surface area (Å²) in [6.07, 6.45) is 0.313. The number of nitrogens with one attached hydrogen (secondary N) is 1. The van der Waals surface area contributed by atoms with Gasteiger partial charge in [-0.15, -0.1) is 0 Å². The number of ether oxygens (including phenoxy) is 1. The van der Waals surface area contributed by atoms with Crippen molar-refractivity contribution < 1.29 is 31.5 Å². The maximum absolute atomic E-state index is 13.2. The third-order valence-corrected chi connectivity index (χ3v) is 4.53. The van der Waals surface area contributed by atoms with E-state index in [0.717, 1.165) is 0 Å². The first kappa shape index (κ1) is 15.8. The number of amides is 1. The maximum Gasteiger partial charge on any atom is 0.418 e. The summed E-state index contributed by atoms with van der Waals surface area (Å²) in [5.74, 6) is -8.48. The summed E-state index contributed by atoms with van der Waals surface area (Å²) >= 11 is 0. The van der Waals surface area contributed by atoms with Crippen molar-refractivity contribution in [3.8, 4) is 0 Å². The van der Waals surface area contributed by atoms with Crippen LogP contribution in [0, 0.1) is 5.92 Å². The van der Waals surface area contributed by atoms with Gasteiger partial charge in [0.1, 0.15) is 0 Å². The Hall–Kier alpha value is -1.25. The largest absolute Gasteiger partial charge is 0.461 e. The summed E-state index contributed by atoms with van der Waals surface area (Å²) in [7, 11) is -3.13. The van der Waals surface area contributed by atoms with E-state index in [0.29, 0.717) is 6.42 Å². The van der Waals surface area contributed by atoms with E-state index in [1.807, 2.05) is 5.32 Å². The molecule has 1 N–H and O–H groups in total. The molecular formula is C10H15F2NO5S. The Bertz CT molecular complexity index is 463. The molecule has 0 radical (unpaired) electrons. The Morgan fingerprint density at radius 2 is 2.05 bits per heavy atom. The van der Waals surface area contributed by atoms with Gasteiger partial charge in [0.15, 0.2) is 9.84 Å². The molecule has 1 saturated heterocycles. The molecule has 1 rings (SSSR count). The molecule has 19 heavy (non-hydrogen) atoms. The van der Waals surface area contributed by atoms with Crippen molar-refractivity contribution in [3.63, 3.8) is 0 Å². The number of halogens is 2. The molecule has 110 valence electrons. The van der Waals surface area contributed by atoms with Gasteiger partial charge in [-0.3, -0.25) is 4.79 Å². The van der Waals surface area contributed by atoms with Gasteiger partial charge in [-0.2, -0.15) is 8.78 Å². The molecule has 0 aromatic rings. The maximum atomic E-state index is 13.2. The second-order valence-corrected chi connectivity index (χ2v) is 6.50. The third kappa shape index (κ3) is 4.12. The van der Waals surface area contributed by atoms with E-state index < -0.39 is 33.6 Å². The highest BCUT2D eigenvalue weighted by Gasteiger charge is 2.49. The lowest BCUT2D eigenvalue weighted by molar-refractivity contribution is -0.177. The van der Waals surface area contributed by atoms with Crippen LogP contribution in [0.15, 0.2) is 0 Å². The lowest BCUT2D eigenvalue weighted by atomic mass is 10.1. The van der Waals surface area contributed by atoms with Crippen LogP contribution in [-0.4, -0.2) is 50.9 Å².